The summed E-state index contributed by atoms with van der Waals surface area (Å²) in [6.07, 6.45) is 4.00. The molecule has 3 N–H and O–H groups in total. The van der Waals surface area contributed by atoms with Crippen molar-refractivity contribution in [3.63, 3.8) is 0 Å². The number of rotatable bonds is 7. The summed E-state index contributed by atoms with van der Waals surface area (Å²) in [4.78, 5) is 9.76. The van der Waals surface area contributed by atoms with Gasteiger partial charge in [0.2, 0.25) is 0 Å². The molecule has 7 heteroatoms. The Hall–Kier alpha value is -1.84. The molecule has 2 aromatic carbocycles. The molecule has 2 fully saturated rings. The number of anilines is 1. The molecule has 0 spiro atoms. The molecule has 0 aromatic heterocycles. The Bertz CT molecular complexity index is 868. The van der Waals surface area contributed by atoms with Gasteiger partial charge in [0.25, 0.3) is 0 Å². The van der Waals surface area contributed by atoms with Crippen molar-refractivity contribution in [1.29, 1.82) is 0 Å². The van der Waals surface area contributed by atoms with Crippen molar-refractivity contribution >= 4 is 35.6 Å². The number of para-hydroxylation sites is 1. The van der Waals surface area contributed by atoms with Crippen LogP contribution < -0.4 is 15.5 Å². The van der Waals surface area contributed by atoms with E-state index in [1.54, 1.807) is 0 Å². The number of hydrogen-bond donors (Lipinski definition) is 3. The minimum Gasteiger partial charge on any atom is -0.393 e. The Morgan fingerprint density at radius 2 is 1.68 bits per heavy atom. The van der Waals surface area contributed by atoms with Crippen molar-refractivity contribution in [1.82, 2.24) is 15.5 Å². The molecular weight excluding hydrogens is 537 g/mol. The lowest BCUT2D eigenvalue weighted by Gasteiger charge is -2.35. The lowest BCUT2D eigenvalue weighted by atomic mass is 10.0. The van der Waals surface area contributed by atoms with Crippen LogP contribution in [0.4, 0.5) is 5.69 Å². The highest BCUT2D eigenvalue weighted by Crippen LogP contribution is 2.19. The predicted molar refractivity (Wildman–Crippen MR) is 152 cm³/mol. The van der Waals surface area contributed by atoms with E-state index in [2.05, 4.69) is 82.0 Å². The molecule has 2 saturated heterocycles. The van der Waals surface area contributed by atoms with Crippen molar-refractivity contribution in [2.75, 3.05) is 37.6 Å². The van der Waals surface area contributed by atoms with Gasteiger partial charge in [0.05, 0.1) is 12.6 Å². The predicted octanol–water partition coefficient (Wildman–Crippen LogP) is 3.99. The molecule has 1 unspecified atom stereocenters. The van der Waals surface area contributed by atoms with Crippen LogP contribution in [0, 0.1) is 0 Å². The first-order valence-electron chi connectivity index (χ1n) is 12.5. The fourth-order valence-corrected chi connectivity index (χ4v) is 4.74. The topological polar surface area (TPSA) is 63.1 Å². The minimum atomic E-state index is -0.115. The number of aliphatic imine (C=N–C) groups is 1. The molecule has 0 bridgehead atoms. The lowest BCUT2D eigenvalue weighted by Crippen LogP contribution is -2.51. The first-order chi connectivity index (χ1) is 16.2. The summed E-state index contributed by atoms with van der Waals surface area (Å²) in [5, 5.41) is 16.8. The number of benzene rings is 2. The van der Waals surface area contributed by atoms with E-state index in [0.717, 1.165) is 64.5 Å². The number of likely N-dealkylation sites (tertiary alicyclic amines) is 1. The SMILES string of the molecule is CCNC(=NCc1ccc(CN2CCC(O)CC2)cc1)NC1CCCN(c2ccccc2)C1.I. The quantitative estimate of drug-likeness (QED) is 0.264. The van der Waals surface area contributed by atoms with E-state index in [0.29, 0.717) is 12.6 Å². The lowest BCUT2D eigenvalue weighted by molar-refractivity contribution is 0.0792. The maximum atomic E-state index is 9.69. The molecule has 2 aromatic rings. The first kappa shape index (κ1) is 26.8. The largest absolute Gasteiger partial charge is 0.393 e. The zero-order valence-corrected chi connectivity index (χ0v) is 22.7. The summed E-state index contributed by atoms with van der Waals surface area (Å²) in [6.45, 7) is 8.66. The summed E-state index contributed by atoms with van der Waals surface area (Å²) in [7, 11) is 0. The van der Waals surface area contributed by atoms with Crippen LogP contribution in [0.3, 0.4) is 0 Å². The van der Waals surface area contributed by atoms with Crippen LogP contribution >= 0.6 is 24.0 Å². The maximum absolute atomic E-state index is 9.69. The van der Waals surface area contributed by atoms with E-state index in [1.165, 1.54) is 23.2 Å². The summed E-state index contributed by atoms with van der Waals surface area (Å²) in [5.41, 5.74) is 3.85. The van der Waals surface area contributed by atoms with Gasteiger partial charge < -0.3 is 20.6 Å². The molecule has 0 amide bonds. The summed E-state index contributed by atoms with van der Waals surface area (Å²) in [6, 6.07) is 19.9. The maximum Gasteiger partial charge on any atom is 0.191 e. The zero-order valence-electron chi connectivity index (χ0n) is 20.3. The van der Waals surface area contributed by atoms with Gasteiger partial charge in [-0.2, -0.15) is 0 Å². The Kier molecular flexibility index (Phi) is 10.9. The number of aliphatic hydroxyl groups excluding tert-OH is 1. The third-order valence-electron chi connectivity index (χ3n) is 6.63. The van der Waals surface area contributed by atoms with Crippen molar-refractivity contribution in [3.8, 4) is 0 Å². The van der Waals surface area contributed by atoms with Gasteiger partial charge in [-0.05, 0) is 55.9 Å². The number of piperidine rings is 2. The number of guanidine groups is 1. The minimum absolute atomic E-state index is 0. The Morgan fingerprint density at radius 3 is 2.38 bits per heavy atom. The van der Waals surface area contributed by atoms with Gasteiger partial charge in [-0.25, -0.2) is 4.99 Å². The number of nitrogens with zero attached hydrogens (tertiary/aromatic N) is 3. The van der Waals surface area contributed by atoms with Crippen LogP contribution in [0.25, 0.3) is 0 Å². The van der Waals surface area contributed by atoms with Crippen LogP contribution in [0.2, 0.25) is 0 Å². The third kappa shape index (κ3) is 8.13. The van der Waals surface area contributed by atoms with Crippen LogP contribution in [0.5, 0.6) is 0 Å². The summed E-state index contributed by atoms with van der Waals surface area (Å²) >= 11 is 0. The van der Waals surface area contributed by atoms with Crippen LogP contribution in [0.15, 0.2) is 59.6 Å². The van der Waals surface area contributed by atoms with Gasteiger partial charge in [0.15, 0.2) is 5.96 Å². The Morgan fingerprint density at radius 1 is 0.971 bits per heavy atom. The van der Waals surface area contributed by atoms with Crippen LogP contribution in [-0.4, -0.2) is 60.8 Å². The molecule has 2 aliphatic rings. The van der Waals surface area contributed by atoms with Crippen molar-refractivity contribution in [2.45, 2.75) is 57.8 Å². The second-order valence-electron chi connectivity index (χ2n) is 9.28. The van der Waals surface area contributed by atoms with E-state index in [9.17, 15) is 5.11 Å². The van der Waals surface area contributed by atoms with E-state index >= 15 is 0 Å². The fraction of sp³-hybridized carbons (Fsp3) is 0.519. The molecule has 186 valence electrons. The van der Waals surface area contributed by atoms with Gasteiger partial charge in [-0.1, -0.05) is 42.5 Å². The van der Waals surface area contributed by atoms with Gasteiger partial charge in [0, 0.05) is 51.0 Å². The number of hydrogen-bond acceptors (Lipinski definition) is 4. The number of aliphatic hydroxyl groups is 1. The highest BCUT2D eigenvalue weighted by atomic mass is 127. The number of halogens is 1. The Labute approximate surface area is 221 Å². The molecule has 2 aliphatic heterocycles. The standard InChI is InChI=1S/C27H39N5O.HI/c1-2-28-27(30-24-7-6-16-32(21-24)25-8-4-3-5-9-25)29-19-22-10-12-23(13-11-22)20-31-17-14-26(33)15-18-31;/h3-5,8-13,24,26,33H,2,6-7,14-21H2,1H3,(H2,28,29,30);1H. The Balaban J connectivity index is 0.00000324. The monoisotopic (exact) mass is 577 g/mol. The van der Waals surface area contributed by atoms with E-state index < -0.39 is 0 Å². The van der Waals surface area contributed by atoms with E-state index in [1.807, 2.05) is 0 Å². The van der Waals surface area contributed by atoms with Gasteiger partial charge in [-0.15, -0.1) is 24.0 Å². The molecule has 2 heterocycles. The normalized spacial score (nSPS) is 20.0. The molecule has 0 radical (unpaired) electrons. The third-order valence-corrected chi connectivity index (χ3v) is 6.63. The highest BCUT2D eigenvalue weighted by Gasteiger charge is 2.21. The average molecular weight is 578 g/mol. The van der Waals surface area contributed by atoms with Crippen LogP contribution in [-0.2, 0) is 13.1 Å². The van der Waals surface area contributed by atoms with Gasteiger partial charge >= 0.3 is 0 Å². The molecule has 34 heavy (non-hydrogen) atoms. The van der Waals surface area contributed by atoms with Crippen molar-refractivity contribution in [3.05, 3.63) is 65.7 Å². The molecule has 0 aliphatic carbocycles. The van der Waals surface area contributed by atoms with Gasteiger partial charge in [-0.3, -0.25) is 4.90 Å². The van der Waals surface area contributed by atoms with E-state index in [-0.39, 0.29) is 30.1 Å². The molecule has 1 atom stereocenters. The van der Waals surface area contributed by atoms with Crippen molar-refractivity contribution in [2.24, 2.45) is 4.99 Å². The molecule has 0 saturated carbocycles. The fourth-order valence-electron chi connectivity index (χ4n) is 4.74. The number of nitrogens with one attached hydrogen (secondary N) is 2. The zero-order chi connectivity index (χ0) is 22.9. The molecule has 6 nitrogen and oxygen atoms in total. The van der Waals surface area contributed by atoms with E-state index in [4.69, 9.17) is 4.99 Å². The first-order valence-corrected chi connectivity index (χ1v) is 12.5. The highest BCUT2D eigenvalue weighted by molar-refractivity contribution is 14.0. The summed E-state index contributed by atoms with van der Waals surface area (Å²) < 4.78 is 0. The molecule has 4 rings (SSSR count). The second-order valence-corrected chi connectivity index (χ2v) is 9.28. The molecular formula is C27H40IN5O. The second kappa shape index (κ2) is 13.9. The van der Waals surface area contributed by atoms with Crippen molar-refractivity contribution < 1.29 is 5.11 Å². The average Bonchev–Trinajstić information content (AvgIpc) is 2.86. The smallest absolute Gasteiger partial charge is 0.191 e. The summed E-state index contributed by atoms with van der Waals surface area (Å²) in [5.74, 6) is 0.897. The van der Waals surface area contributed by atoms with Gasteiger partial charge in [0.1, 0.15) is 0 Å². The van der Waals surface area contributed by atoms with Crippen LogP contribution in [0.1, 0.15) is 43.7 Å².